The third-order valence-corrected chi connectivity index (χ3v) is 9.34. The molecule has 0 unspecified atom stereocenters. The molecule has 2 nitrogen and oxygen atoms in total. The van der Waals surface area contributed by atoms with Crippen LogP contribution < -0.4 is 11.5 Å². The second kappa shape index (κ2) is 10.4. The first kappa shape index (κ1) is 22.9. The Balaban J connectivity index is 2.86. The molecule has 0 amide bonds. The first-order chi connectivity index (χ1) is 12.3. The minimum absolute atomic E-state index is 0.710. The van der Waals surface area contributed by atoms with E-state index >= 15 is 0 Å². The molecule has 0 spiro atoms. The summed E-state index contributed by atoms with van der Waals surface area (Å²) >= 11 is 18.2. The summed E-state index contributed by atoms with van der Waals surface area (Å²) in [6.07, 6.45) is 2.17. The van der Waals surface area contributed by atoms with Gasteiger partial charge in [-0.3, -0.25) is 0 Å². The van der Waals surface area contributed by atoms with Crippen molar-refractivity contribution < 1.29 is 0 Å². The summed E-state index contributed by atoms with van der Waals surface area (Å²) in [5, 5.41) is 0. The van der Waals surface area contributed by atoms with E-state index in [0.717, 1.165) is 63.2 Å². The number of hydrogen-bond donors (Lipinski definition) is 2. The predicted molar refractivity (Wildman–Crippen MR) is 134 cm³/mol. The van der Waals surface area contributed by atoms with Crippen molar-refractivity contribution in [1.82, 2.24) is 0 Å². The van der Waals surface area contributed by atoms with E-state index in [2.05, 4.69) is 77.6 Å². The Kier molecular flexibility index (Phi) is 9.21. The van der Waals surface area contributed by atoms with Crippen LogP contribution in [-0.4, -0.2) is 11.5 Å². The standard InChI is InChI=1S/C18H20Br4N2S2/c1-3-5-25-17-11(21)7-9(19)15(23)13(17)14-16(24)10(20)8-12(22)18(14)26-6-4-2/h7-8H,3-6,23-24H2,1-2H3. The van der Waals surface area contributed by atoms with Gasteiger partial charge in [-0.2, -0.15) is 0 Å². The quantitative estimate of drug-likeness (QED) is 0.234. The highest BCUT2D eigenvalue weighted by atomic mass is 79.9. The fraction of sp³-hybridized carbons (Fsp3) is 0.333. The molecule has 0 aromatic heterocycles. The zero-order valence-electron chi connectivity index (χ0n) is 14.5. The summed E-state index contributed by atoms with van der Waals surface area (Å²) in [6, 6.07) is 4.03. The number of rotatable bonds is 7. The van der Waals surface area contributed by atoms with Gasteiger partial charge < -0.3 is 11.5 Å². The van der Waals surface area contributed by atoms with Crippen LogP contribution in [0.15, 0.2) is 39.8 Å². The van der Waals surface area contributed by atoms with Gasteiger partial charge in [0.05, 0.1) is 11.4 Å². The van der Waals surface area contributed by atoms with E-state index in [4.69, 9.17) is 11.5 Å². The third-order valence-electron chi connectivity index (χ3n) is 3.60. The zero-order chi connectivity index (χ0) is 19.4. The van der Waals surface area contributed by atoms with E-state index in [0.29, 0.717) is 11.4 Å². The van der Waals surface area contributed by atoms with Crippen LogP contribution in [0.2, 0.25) is 0 Å². The fourth-order valence-corrected chi connectivity index (χ4v) is 7.35. The van der Waals surface area contributed by atoms with Crippen LogP contribution in [0.25, 0.3) is 11.1 Å². The summed E-state index contributed by atoms with van der Waals surface area (Å²) in [7, 11) is 0. The van der Waals surface area contributed by atoms with Gasteiger partial charge >= 0.3 is 0 Å². The number of hydrogen-bond acceptors (Lipinski definition) is 4. The van der Waals surface area contributed by atoms with Crippen LogP contribution in [0.4, 0.5) is 11.4 Å². The van der Waals surface area contributed by atoms with Gasteiger partial charge in [0.1, 0.15) is 0 Å². The van der Waals surface area contributed by atoms with Crippen LogP contribution in [-0.2, 0) is 0 Å². The molecule has 0 aliphatic rings. The van der Waals surface area contributed by atoms with Crippen LogP contribution in [0.1, 0.15) is 26.7 Å². The smallest absolute Gasteiger partial charge is 0.0551 e. The molecule has 2 rings (SSSR count). The molecule has 0 saturated carbocycles. The van der Waals surface area contributed by atoms with Crippen molar-refractivity contribution in [1.29, 1.82) is 0 Å². The van der Waals surface area contributed by atoms with Crippen LogP contribution in [0.3, 0.4) is 0 Å². The van der Waals surface area contributed by atoms with Crippen molar-refractivity contribution in [3.8, 4) is 11.1 Å². The van der Waals surface area contributed by atoms with Gasteiger partial charge in [-0.05, 0) is 100 Å². The number of anilines is 2. The monoisotopic (exact) mass is 644 g/mol. The molecule has 0 aliphatic carbocycles. The lowest BCUT2D eigenvalue weighted by molar-refractivity contribution is 1.10. The van der Waals surface area contributed by atoms with E-state index in [1.165, 1.54) is 0 Å². The summed E-state index contributed by atoms with van der Waals surface area (Å²) in [6.45, 7) is 4.35. The number of benzene rings is 2. The van der Waals surface area contributed by atoms with Crippen LogP contribution in [0.5, 0.6) is 0 Å². The second-order valence-corrected chi connectivity index (χ2v) is 11.2. The highest BCUT2D eigenvalue weighted by Crippen LogP contribution is 2.52. The molecule has 0 saturated heterocycles. The Bertz CT molecular complexity index is 745. The Morgan fingerprint density at radius 1 is 0.692 bits per heavy atom. The lowest BCUT2D eigenvalue weighted by atomic mass is 10.0. The highest BCUT2D eigenvalue weighted by Gasteiger charge is 2.24. The summed E-state index contributed by atoms with van der Waals surface area (Å²) in [4.78, 5) is 2.25. The van der Waals surface area contributed by atoms with E-state index in [9.17, 15) is 0 Å². The molecule has 0 heterocycles. The maximum absolute atomic E-state index is 6.55. The van der Waals surface area contributed by atoms with Gasteiger partial charge in [-0.15, -0.1) is 23.5 Å². The Morgan fingerprint density at radius 3 is 1.35 bits per heavy atom. The number of thioether (sulfide) groups is 2. The van der Waals surface area contributed by atoms with Crippen molar-refractivity contribution in [2.75, 3.05) is 23.0 Å². The SMILES string of the molecule is CCCSc1c(Br)cc(Br)c(N)c1-c1c(N)c(Br)cc(Br)c1SCCC. The largest absolute Gasteiger partial charge is 0.397 e. The van der Waals surface area contributed by atoms with Crippen LogP contribution in [0, 0.1) is 0 Å². The van der Waals surface area contributed by atoms with Gasteiger partial charge in [0.15, 0.2) is 0 Å². The average molecular weight is 648 g/mol. The minimum Gasteiger partial charge on any atom is -0.397 e. The Morgan fingerprint density at radius 2 is 1.04 bits per heavy atom. The zero-order valence-corrected chi connectivity index (χ0v) is 22.4. The van der Waals surface area contributed by atoms with Crippen molar-refractivity contribution in [3.63, 3.8) is 0 Å². The molecule has 0 atom stereocenters. The summed E-state index contributed by atoms with van der Waals surface area (Å²) < 4.78 is 3.77. The molecule has 2 aromatic rings. The van der Waals surface area contributed by atoms with Gasteiger partial charge in [0.25, 0.3) is 0 Å². The maximum atomic E-state index is 6.55. The maximum Gasteiger partial charge on any atom is 0.0551 e. The Hall–Kier alpha value is 0.660. The van der Waals surface area contributed by atoms with Crippen molar-refractivity contribution >= 4 is 98.6 Å². The van der Waals surface area contributed by atoms with Crippen molar-refractivity contribution in [2.45, 2.75) is 36.5 Å². The Labute approximate surface area is 197 Å². The van der Waals surface area contributed by atoms with Crippen molar-refractivity contribution in [2.24, 2.45) is 0 Å². The molecule has 4 N–H and O–H groups in total. The van der Waals surface area contributed by atoms with E-state index in [-0.39, 0.29) is 0 Å². The molecule has 2 aromatic carbocycles. The average Bonchev–Trinajstić information content (AvgIpc) is 2.59. The predicted octanol–water partition coefficient (Wildman–Crippen LogP) is 8.57. The van der Waals surface area contributed by atoms with Crippen LogP contribution >= 0.6 is 87.2 Å². The number of nitrogens with two attached hydrogens (primary N) is 2. The highest BCUT2D eigenvalue weighted by molar-refractivity contribution is 9.11. The summed E-state index contributed by atoms with van der Waals surface area (Å²) in [5.74, 6) is 2.03. The molecule has 0 aliphatic heterocycles. The minimum atomic E-state index is 0.710. The molecular weight excluding hydrogens is 628 g/mol. The molecule has 26 heavy (non-hydrogen) atoms. The van der Waals surface area contributed by atoms with Gasteiger partial charge in [-0.1, -0.05) is 13.8 Å². The van der Waals surface area contributed by atoms with E-state index in [1.807, 2.05) is 12.1 Å². The topological polar surface area (TPSA) is 52.0 Å². The number of nitrogen functional groups attached to an aromatic ring is 2. The molecule has 142 valence electrons. The molecule has 0 fully saturated rings. The van der Waals surface area contributed by atoms with Gasteiger partial charge in [-0.25, -0.2) is 0 Å². The summed E-state index contributed by atoms with van der Waals surface area (Å²) in [5.41, 5.74) is 16.5. The lowest BCUT2D eigenvalue weighted by Gasteiger charge is -2.21. The normalized spacial score (nSPS) is 11.2. The molecule has 0 radical (unpaired) electrons. The van der Waals surface area contributed by atoms with E-state index < -0.39 is 0 Å². The van der Waals surface area contributed by atoms with Gasteiger partial charge in [0, 0.05) is 38.8 Å². The lowest BCUT2D eigenvalue weighted by Crippen LogP contribution is -2.02. The van der Waals surface area contributed by atoms with E-state index in [1.54, 1.807) is 23.5 Å². The second-order valence-electron chi connectivity index (χ2n) is 5.61. The number of halogens is 4. The third kappa shape index (κ3) is 4.98. The molecule has 0 bridgehead atoms. The molecule has 8 heteroatoms. The molecular formula is C18H20Br4N2S2. The van der Waals surface area contributed by atoms with Crippen molar-refractivity contribution in [3.05, 3.63) is 30.0 Å². The van der Waals surface area contributed by atoms with Gasteiger partial charge in [0.2, 0.25) is 0 Å². The first-order valence-electron chi connectivity index (χ1n) is 8.14. The fourth-order valence-electron chi connectivity index (χ4n) is 2.42. The first-order valence-corrected chi connectivity index (χ1v) is 13.3.